The number of hydrogen-bond donors (Lipinski definition) is 1. The first-order valence-corrected chi connectivity index (χ1v) is 12.9. The summed E-state index contributed by atoms with van der Waals surface area (Å²) in [7, 11) is -2.39. The molecular formula is C25H21BrN2O6S. The van der Waals surface area contributed by atoms with E-state index < -0.39 is 10.0 Å². The van der Waals surface area contributed by atoms with Crippen molar-refractivity contribution in [2.24, 2.45) is 0 Å². The quantitative estimate of drug-likeness (QED) is 0.362. The predicted octanol–water partition coefficient (Wildman–Crippen LogP) is 4.42. The van der Waals surface area contributed by atoms with Gasteiger partial charge in [0.2, 0.25) is 16.8 Å². The number of halogens is 1. The number of nitrogens with one attached hydrogen (secondary N) is 1. The Hall–Kier alpha value is -3.34. The minimum atomic E-state index is -3.95. The van der Waals surface area contributed by atoms with Crippen LogP contribution in [0.2, 0.25) is 0 Å². The number of aromatic amines is 1. The van der Waals surface area contributed by atoms with Crippen molar-refractivity contribution in [2.75, 3.05) is 13.9 Å². The van der Waals surface area contributed by atoms with E-state index in [1.165, 1.54) is 16.4 Å². The average Bonchev–Trinajstić information content (AvgIpc) is 3.32. The lowest BCUT2D eigenvalue weighted by Gasteiger charge is -2.22. The smallest absolute Gasteiger partial charge is 0.252 e. The number of H-pyrrole nitrogens is 1. The number of ether oxygens (including phenoxy) is 3. The van der Waals surface area contributed by atoms with Crippen molar-refractivity contribution in [1.82, 2.24) is 9.29 Å². The molecule has 0 saturated carbocycles. The summed E-state index contributed by atoms with van der Waals surface area (Å²) in [5.41, 5.74) is 1.29. The number of sulfonamides is 1. The number of benzene rings is 3. The van der Waals surface area contributed by atoms with E-state index >= 15 is 0 Å². The zero-order chi connectivity index (χ0) is 24.6. The van der Waals surface area contributed by atoms with Gasteiger partial charge >= 0.3 is 0 Å². The molecule has 0 atom stereocenters. The van der Waals surface area contributed by atoms with Gasteiger partial charge in [0.1, 0.15) is 5.75 Å². The van der Waals surface area contributed by atoms with Crippen molar-refractivity contribution >= 4 is 36.9 Å². The van der Waals surface area contributed by atoms with Gasteiger partial charge in [0.05, 0.1) is 12.0 Å². The highest BCUT2D eigenvalue weighted by molar-refractivity contribution is 9.10. The van der Waals surface area contributed by atoms with Crippen LogP contribution in [0.1, 0.15) is 11.1 Å². The first-order chi connectivity index (χ1) is 16.8. The third-order valence-electron chi connectivity index (χ3n) is 5.72. The number of hydrogen-bond acceptors (Lipinski definition) is 6. The molecule has 0 saturated heterocycles. The van der Waals surface area contributed by atoms with Crippen LogP contribution in [0.15, 0.2) is 80.9 Å². The SMILES string of the molecule is COc1ccc2[nH]c(=O)c(CN(Cc3ccc4c(c3)OCO4)S(=O)(=O)c3ccc(Br)cc3)cc2c1. The standard InChI is InChI=1S/C25H21BrN2O6S/c1-32-20-5-8-22-17(12-20)11-18(25(29)27-22)14-28(35(30,31)21-6-3-19(26)4-7-21)13-16-2-9-23-24(10-16)34-15-33-23/h2-12H,13-15H2,1H3,(H,27,29). The van der Waals surface area contributed by atoms with E-state index in [1.807, 2.05) is 0 Å². The minimum absolute atomic E-state index is 0.0324. The molecule has 0 bridgehead atoms. The van der Waals surface area contributed by atoms with Crippen LogP contribution in [0, 0.1) is 0 Å². The molecule has 3 aromatic carbocycles. The lowest BCUT2D eigenvalue weighted by atomic mass is 10.1. The van der Waals surface area contributed by atoms with E-state index in [4.69, 9.17) is 14.2 Å². The van der Waals surface area contributed by atoms with Crippen LogP contribution < -0.4 is 19.8 Å². The van der Waals surface area contributed by atoms with Crippen LogP contribution in [-0.4, -0.2) is 31.6 Å². The lowest BCUT2D eigenvalue weighted by molar-refractivity contribution is 0.174. The third-order valence-corrected chi connectivity index (χ3v) is 8.06. The van der Waals surface area contributed by atoms with Gasteiger partial charge in [0.15, 0.2) is 11.5 Å². The summed E-state index contributed by atoms with van der Waals surface area (Å²) in [6, 6.07) is 18.7. The van der Waals surface area contributed by atoms with Crippen molar-refractivity contribution in [3.05, 3.63) is 92.7 Å². The van der Waals surface area contributed by atoms with Gasteiger partial charge in [-0.1, -0.05) is 22.0 Å². The Kier molecular flexibility index (Phi) is 6.26. The largest absolute Gasteiger partial charge is 0.497 e. The highest BCUT2D eigenvalue weighted by Crippen LogP contribution is 2.33. The van der Waals surface area contributed by atoms with E-state index in [0.29, 0.717) is 33.9 Å². The van der Waals surface area contributed by atoms with Crippen LogP contribution in [0.25, 0.3) is 10.9 Å². The van der Waals surface area contributed by atoms with Crippen LogP contribution >= 0.6 is 15.9 Å². The molecule has 8 nitrogen and oxygen atoms in total. The summed E-state index contributed by atoms with van der Waals surface area (Å²) in [5.74, 6) is 1.80. The topological polar surface area (TPSA) is 97.9 Å². The van der Waals surface area contributed by atoms with Crippen molar-refractivity contribution in [3.63, 3.8) is 0 Å². The monoisotopic (exact) mass is 556 g/mol. The number of pyridine rings is 1. The fourth-order valence-corrected chi connectivity index (χ4v) is 5.56. The highest BCUT2D eigenvalue weighted by Gasteiger charge is 2.27. The second-order valence-corrected chi connectivity index (χ2v) is 10.8. The highest BCUT2D eigenvalue weighted by atomic mass is 79.9. The zero-order valence-electron chi connectivity index (χ0n) is 18.7. The molecular weight excluding hydrogens is 536 g/mol. The average molecular weight is 557 g/mol. The molecule has 0 amide bonds. The molecule has 5 rings (SSSR count). The summed E-state index contributed by atoms with van der Waals surface area (Å²) in [6.45, 7) is 0.0234. The molecule has 2 heterocycles. The maximum atomic E-state index is 13.7. The number of methoxy groups -OCH3 is 1. The summed E-state index contributed by atoms with van der Waals surface area (Å²) in [5, 5.41) is 0.739. The Morgan fingerprint density at radius 2 is 1.74 bits per heavy atom. The molecule has 0 spiro atoms. The van der Waals surface area contributed by atoms with Gasteiger partial charge in [-0.25, -0.2) is 8.42 Å². The summed E-state index contributed by atoms with van der Waals surface area (Å²) < 4.78 is 45.5. The van der Waals surface area contributed by atoms with Gasteiger partial charge in [-0.05, 0) is 66.2 Å². The number of nitrogens with zero attached hydrogens (tertiary/aromatic N) is 1. The van der Waals surface area contributed by atoms with Crippen molar-refractivity contribution in [1.29, 1.82) is 0 Å². The second kappa shape index (κ2) is 9.37. The lowest BCUT2D eigenvalue weighted by Crippen LogP contribution is -2.32. The maximum Gasteiger partial charge on any atom is 0.252 e. The predicted molar refractivity (Wildman–Crippen MR) is 134 cm³/mol. The fraction of sp³-hybridized carbons (Fsp3) is 0.160. The van der Waals surface area contributed by atoms with Gasteiger partial charge in [-0.15, -0.1) is 0 Å². The van der Waals surface area contributed by atoms with Gasteiger partial charge < -0.3 is 19.2 Å². The summed E-state index contributed by atoms with van der Waals surface area (Å²) >= 11 is 3.34. The molecule has 180 valence electrons. The first kappa shape index (κ1) is 23.4. The molecule has 1 N–H and O–H groups in total. The van der Waals surface area contributed by atoms with E-state index in [0.717, 1.165) is 9.86 Å². The number of fused-ring (bicyclic) bond motifs is 2. The van der Waals surface area contributed by atoms with Gasteiger partial charge in [0, 0.05) is 34.0 Å². The fourth-order valence-electron chi connectivity index (χ4n) is 3.89. The molecule has 0 radical (unpaired) electrons. The molecule has 4 aromatic rings. The number of rotatable bonds is 7. The Morgan fingerprint density at radius 1 is 0.971 bits per heavy atom. The second-order valence-electron chi connectivity index (χ2n) is 7.99. The van der Waals surface area contributed by atoms with E-state index in [-0.39, 0.29) is 30.3 Å². The van der Waals surface area contributed by atoms with Crippen LogP contribution in [-0.2, 0) is 23.1 Å². The van der Waals surface area contributed by atoms with Gasteiger partial charge in [0.25, 0.3) is 5.56 Å². The summed E-state index contributed by atoms with van der Waals surface area (Å²) in [4.78, 5) is 15.8. The van der Waals surface area contributed by atoms with Crippen LogP contribution in [0.5, 0.6) is 17.2 Å². The van der Waals surface area contributed by atoms with Gasteiger partial charge in [-0.3, -0.25) is 4.79 Å². The molecule has 35 heavy (non-hydrogen) atoms. The Morgan fingerprint density at radius 3 is 2.51 bits per heavy atom. The Labute approximate surface area is 210 Å². The minimum Gasteiger partial charge on any atom is -0.497 e. The number of aromatic nitrogens is 1. The molecule has 1 aromatic heterocycles. The Balaban J connectivity index is 1.56. The normalized spacial score (nSPS) is 12.9. The van der Waals surface area contributed by atoms with Crippen LogP contribution in [0.4, 0.5) is 0 Å². The van der Waals surface area contributed by atoms with Crippen LogP contribution in [0.3, 0.4) is 0 Å². The van der Waals surface area contributed by atoms with Crippen molar-refractivity contribution in [2.45, 2.75) is 18.0 Å². The third kappa shape index (κ3) is 4.77. The van der Waals surface area contributed by atoms with Crippen molar-refractivity contribution in [3.8, 4) is 17.2 Å². The molecule has 1 aliphatic heterocycles. The summed E-state index contributed by atoms with van der Waals surface area (Å²) in [6.07, 6.45) is 0. The first-order valence-electron chi connectivity index (χ1n) is 10.7. The van der Waals surface area contributed by atoms with E-state index in [1.54, 1.807) is 61.7 Å². The van der Waals surface area contributed by atoms with E-state index in [9.17, 15) is 13.2 Å². The molecule has 0 fully saturated rings. The zero-order valence-corrected chi connectivity index (χ0v) is 21.1. The Bertz CT molecular complexity index is 1570. The van der Waals surface area contributed by atoms with Gasteiger partial charge in [-0.2, -0.15) is 4.31 Å². The van der Waals surface area contributed by atoms with Crippen molar-refractivity contribution < 1.29 is 22.6 Å². The molecule has 0 unspecified atom stereocenters. The maximum absolute atomic E-state index is 13.7. The molecule has 1 aliphatic rings. The molecule has 0 aliphatic carbocycles. The molecule has 10 heteroatoms. The van der Waals surface area contributed by atoms with E-state index in [2.05, 4.69) is 20.9 Å².